The number of nitrogens with one attached hydrogen (secondary N) is 1. The number of methoxy groups -OCH3 is 1. The van der Waals surface area contributed by atoms with Gasteiger partial charge in [0.2, 0.25) is 11.0 Å². The third kappa shape index (κ3) is 5.57. The number of anilines is 1. The maximum absolute atomic E-state index is 12.3. The molecule has 1 aromatic heterocycles. The maximum atomic E-state index is 12.3. The van der Waals surface area contributed by atoms with Crippen LogP contribution in [0.1, 0.15) is 13.3 Å². The highest BCUT2D eigenvalue weighted by Crippen LogP contribution is 2.33. The Bertz CT molecular complexity index is 770. The van der Waals surface area contributed by atoms with E-state index < -0.39 is 0 Å². The van der Waals surface area contributed by atoms with E-state index in [1.807, 2.05) is 6.92 Å². The van der Waals surface area contributed by atoms with Crippen LogP contribution in [0.25, 0.3) is 10.6 Å². The predicted molar refractivity (Wildman–Crippen MR) is 103 cm³/mol. The molecule has 1 atom stereocenters. The number of ether oxygens (including phenoxy) is 1. The first-order chi connectivity index (χ1) is 11.9. The fraction of sp³-hybridized carbons (Fsp3) is 0.333. The van der Waals surface area contributed by atoms with E-state index >= 15 is 0 Å². The van der Waals surface area contributed by atoms with Gasteiger partial charge in [-0.15, -0.1) is 22.0 Å². The van der Waals surface area contributed by atoms with Crippen molar-refractivity contribution in [2.75, 3.05) is 18.2 Å². The third-order valence-electron chi connectivity index (χ3n) is 3.11. The molecule has 1 N–H and O–H groups in total. The van der Waals surface area contributed by atoms with Gasteiger partial charge in [-0.05, 0) is 24.6 Å². The lowest BCUT2D eigenvalue weighted by molar-refractivity contribution is -0.137. The predicted octanol–water partition coefficient (Wildman–Crippen LogP) is 4.14. The summed E-state index contributed by atoms with van der Waals surface area (Å²) in [5.41, 5.74) is 0.691. The summed E-state index contributed by atoms with van der Waals surface area (Å²) in [4.78, 5) is 23.5. The first kappa shape index (κ1) is 20.0. The summed E-state index contributed by atoms with van der Waals surface area (Å²) in [6.07, 6.45) is 0.572. The van der Waals surface area contributed by atoms with Crippen LogP contribution in [-0.2, 0) is 14.3 Å². The lowest BCUT2D eigenvalue weighted by atomic mass is 10.2. The molecule has 0 aliphatic heterocycles. The Morgan fingerprint density at radius 3 is 2.76 bits per heavy atom. The number of thioether (sulfide) groups is 1. The fourth-order valence-corrected chi connectivity index (χ4v) is 4.08. The van der Waals surface area contributed by atoms with Crippen molar-refractivity contribution in [3.05, 3.63) is 28.2 Å². The van der Waals surface area contributed by atoms with E-state index in [1.165, 1.54) is 30.2 Å². The summed E-state index contributed by atoms with van der Waals surface area (Å²) < 4.78 is 4.58. The molecule has 0 fully saturated rings. The zero-order valence-corrected chi connectivity index (χ0v) is 16.6. The molecule has 6 nitrogen and oxygen atoms in total. The first-order valence-electron chi connectivity index (χ1n) is 7.22. The van der Waals surface area contributed by atoms with Gasteiger partial charge in [0.25, 0.3) is 0 Å². The van der Waals surface area contributed by atoms with E-state index in [-0.39, 0.29) is 22.9 Å². The Hall–Kier alpha value is -1.35. The second kappa shape index (κ2) is 9.38. The second-order valence-electron chi connectivity index (χ2n) is 4.81. The van der Waals surface area contributed by atoms with E-state index in [1.54, 1.807) is 18.2 Å². The zero-order chi connectivity index (χ0) is 18.4. The summed E-state index contributed by atoms with van der Waals surface area (Å²) in [6.45, 7) is 1.87. The molecule has 0 spiro atoms. The minimum absolute atomic E-state index is 0.115. The van der Waals surface area contributed by atoms with Crippen molar-refractivity contribution in [2.24, 2.45) is 0 Å². The Morgan fingerprint density at radius 2 is 2.12 bits per heavy atom. The molecule has 25 heavy (non-hydrogen) atoms. The van der Waals surface area contributed by atoms with Gasteiger partial charge in [0, 0.05) is 10.6 Å². The molecule has 1 heterocycles. The van der Waals surface area contributed by atoms with Crippen LogP contribution in [0.15, 0.2) is 18.2 Å². The molecule has 0 aliphatic carbocycles. The molecule has 0 saturated carbocycles. The molecule has 1 amide bonds. The van der Waals surface area contributed by atoms with Crippen LogP contribution in [0.2, 0.25) is 10.0 Å². The van der Waals surface area contributed by atoms with Crippen molar-refractivity contribution in [1.82, 2.24) is 10.2 Å². The van der Waals surface area contributed by atoms with Crippen LogP contribution >= 0.6 is 46.3 Å². The molecule has 0 saturated heterocycles. The zero-order valence-electron chi connectivity index (χ0n) is 13.4. The number of benzene rings is 1. The maximum Gasteiger partial charge on any atom is 0.315 e. The van der Waals surface area contributed by atoms with Gasteiger partial charge in [-0.3, -0.25) is 14.9 Å². The number of aromatic nitrogens is 2. The van der Waals surface area contributed by atoms with Crippen molar-refractivity contribution >= 4 is 63.3 Å². The van der Waals surface area contributed by atoms with Gasteiger partial charge in [0.05, 0.1) is 23.1 Å². The minimum Gasteiger partial charge on any atom is -0.468 e. The molecule has 2 aromatic rings. The molecular formula is C15H15Cl2N3O3S2. The van der Waals surface area contributed by atoms with Gasteiger partial charge < -0.3 is 4.74 Å². The van der Waals surface area contributed by atoms with Gasteiger partial charge in [0.15, 0.2) is 5.01 Å². The number of hydrogen-bond acceptors (Lipinski definition) is 7. The number of rotatable bonds is 7. The van der Waals surface area contributed by atoms with Crippen LogP contribution in [0.5, 0.6) is 0 Å². The van der Waals surface area contributed by atoms with E-state index in [0.717, 1.165) is 0 Å². The van der Waals surface area contributed by atoms with Crippen molar-refractivity contribution in [2.45, 2.75) is 18.6 Å². The van der Waals surface area contributed by atoms with Gasteiger partial charge in [-0.25, -0.2) is 0 Å². The van der Waals surface area contributed by atoms with Crippen molar-refractivity contribution in [3.8, 4) is 10.6 Å². The number of nitrogens with zero attached hydrogens (tertiary/aromatic N) is 2. The van der Waals surface area contributed by atoms with E-state index in [4.69, 9.17) is 23.2 Å². The second-order valence-corrected chi connectivity index (χ2v) is 7.82. The molecule has 134 valence electrons. The number of esters is 1. The highest BCUT2D eigenvalue weighted by Gasteiger charge is 2.20. The standard InChI is InChI=1S/C15H15Cl2N3O3S2/c1-3-11(24-7-12(21)23-2)13(22)18-15-20-19-14(25-15)9-5-4-8(16)6-10(9)17/h4-6,11H,3,7H2,1-2H3,(H,18,20,22). The number of carbonyl (C=O) groups excluding carboxylic acids is 2. The lowest BCUT2D eigenvalue weighted by Crippen LogP contribution is -2.25. The minimum atomic E-state index is -0.384. The average molecular weight is 420 g/mol. The number of hydrogen-bond donors (Lipinski definition) is 1. The largest absolute Gasteiger partial charge is 0.468 e. The lowest BCUT2D eigenvalue weighted by Gasteiger charge is -2.12. The molecule has 10 heteroatoms. The Labute approximate surface area is 163 Å². The van der Waals surface area contributed by atoms with Crippen LogP contribution in [0.4, 0.5) is 5.13 Å². The van der Waals surface area contributed by atoms with Gasteiger partial charge in [-0.1, -0.05) is 41.5 Å². The van der Waals surface area contributed by atoms with E-state index in [9.17, 15) is 9.59 Å². The summed E-state index contributed by atoms with van der Waals surface area (Å²) in [7, 11) is 1.31. The van der Waals surface area contributed by atoms with Crippen molar-refractivity contribution in [1.29, 1.82) is 0 Å². The van der Waals surface area contributed by atoms with Crippen LogP contribution in [0.3, 0.4) is 0 Å². The molecule has 1 unspecified atom stereocenters. The van der Waals surface area contributed by atoms with Crippen molar-refractivity contribution in [3.63, 3.8) is 0 Å². The summed E-state index contributed by atoms with van der Waals surface area (Å²) in [5.74, 6) is -0.488. The SMILES string of the molecule is CCC(SCC(=O)OC)C(=O)Nc1nnc(-c2ccc(Cl)cc2Cl)s1. The third-order valence-corrected chi connectivity index (χ3v) is 5.88. The normalized spacial score (nSPS) is 11.8. The average Bonchev–Trinajstić information content (AvgIpc) is 3.03. The van der Waals surface area contributed by atoms with Gasteiger partial charge in [0.1, 0.15) is 0 Å². The molecular weight excluding hydrogens is 405 g/mol. The Balaban J connectivity index is 2.04. The summed E-state index contributed by atoms with van der Waals surface area (Å²) >= 11 is 14.5. The summed E-state index contributed by atoms with van der Waals surface area (Å²) in [6, 6.07) is 5.07. The Kier molecular flexibility index (Phi) is 7.49. The molecule has 1 aromatic carbocycles. The Morgan fingerprint density at radius 1 is 1.36 bits per heavy atom. The topological polar surface area (TPSA) is 81.2 Å². The van der Waals surface area contributed by atoms with Crippen molar-refractivity contribution < 1.29 is 14.3 Å². The number of carbonyl (C=O) groups is 2. The first-order valence-corrected chi connectivity index (χ1v) is 9.85. The summed E-state index contributed by atoms with van der Waals surface area (Å²) in [5, 5.41) is 12.3. The number of amides is 1. The van der Waals surface area contributed by atoms with Crippen LogP contribution in [0, 0.1) is 0 Å². The highest BCUT2D eigenvalue weighted by molar-refractivity contribution is 8.01. The van der Waals surface area contributed by atoms with E-state index in [0.29, 0.717) is 32.2 Å². The fourth-order valence-electron chi connectivity index (χ4n) is 1.84. The molecule has 0 bridgehead atoms. The number of halogens is 2. The van der Waals surface area contributed by atoms with Gasteiger partial charge in [-0.2, -0.15) is 0 Å². The van der Waals surface area contributed by atoms with Gasteiger partial charge >= 0.3 is 5.97 Å². The highest BCUT2D eigenvalue weighted by atomic mass is 35.5. The van der Waals surface area contributed by atoms with E-state index in [2.05, 4.69) is 20.3 Å². The monoisotopic (exact) mass is 419 g/mol. The van der Waals surface area contributed by atoms with Crippen LogP contribution in [-0.4, -0.2) is 40.2 Å². The smallest absolute Gasteiger partial charge is 0.315 e. The quantitative estimate of drug-likeness (QED) is 0.679. The molecule has 0 radical (unpaired) electrons. The van der Waals surface area contributed by atoms with Crippen LogP contribution < -0.4 is 5.32 Å². The molecule has 0 aliphatic rings. The molecule has 2 rings (SSSR count).